The molecule has 134 valence electrons. The normalized spacial score (nSPS) is 14.0. The highest BCUT2D eigenvalue weighted by Gasteiger charge is 2.30. The summed E-state index contributed by atoms with van der Waals surface area (Å²) in [5, 5.41) is 3.11. The molecule has 0 atom stereocenters. The Labute approximate surface area is 151 Å². The van der Waals surface area contributed by atoms with E-state index in [1.54, 1.807) is 48.9 Å². The molecule has 8 heteroatoms. The lowest BCUT2D eigenvalue weighted by atomic mass is 10.1. The van der Waals surface area contributed by atoms with E-state index >= 15 is 0 Å². The number of allylic oxidation sites excluding steroid dienone is 1. The Bertz CT molecular complexity index is 860. The molecule has 0 unspecified atom stereocenters. The summed E-state index contributed by atoms with van der Waals surface area (Å²) < 4.78 is 4.97. The molecule has 0 aromatic carbocycles. The van der Waals surface area contributed by atoms with Gasteiger partial charge in [-0.05, 0) is 19.1 Å². The van der Waals surface area contributed by atoms with Crippen LogP contribution < -0.4 is 10.1 Å². The second-order valence-corrected chi connectivity index (χ2v) is 5.55. The SMILES string of the molecule is CCN/C=C(\C=NC)N1Cc2nc(-c3cnc(OC)nc3)ccc2C1=O. The minimum Gasteiger partial charge on any atom is -0.467 e. The van der Waals surface area contributed by atoms with Crippen molar-refractivity contribution < 1.29 is 9.53 Å². The highest BCUT2D eigenvalue weighted by molar-refractivity contribution is 6.02. The van der Waals surface area contributed by atoms with Crippen molar-refractivity contribution in [3.63, 3.8) is 0 Å². The van der Waals surface area contributed by atoms with Crippen LogP contribution >= 0.6 is 0 Å². The van der Waals surface area contributed by atoms with Gasteiger partial charge in [0.1, 0.15) is 0 Å². The van der Waals surface area contributed by atoms with E-state index in [9.17, 15) is 4.79 Å². The number of amides is 1. The summed E-state index contributed by atoms with van der Waals surface area (Å²) in [6.07, 6.45) is 6.74. The first-order valence-electron chi connectivity index (χ1n) is 8.21. The van der Waals surface area contributed by atoms with E-state index in [1.807, 2.05) is 6.92 Å². The van der Waals surface area contributed by atoms with Gasteiger partial charge >= 0.3 is 6.01 Å². The average Bonchev–Trinajstić information content (AvgIpc) is 3.01. The van der Waals surface area contributed by atoms with Crippen LogP contribution in [0.2, 0.25) is 0 Å². The molecule has 0 bridgehead atoms. The van der Waals surface area contributed by atoms with Gasteiger partial charge in [-0.3, -0.25) is 14.7 Å². The molecule has 26 heavy (non-hydrogen) atoms. The first-order valence-corrected chi connectivity index (χ1v) is 8.21. The van der Waals surface area contributed by atoms with E-state index in [-0.39, 0.29) is 5.91 Å². The Kier molecular flexibility index (Phi) is 5.21. The van der Waals surface area contributed by atoms with Crippen molar-refractivity contribution in [2.75, 3.05) is 20.7 Å². The minimum atomic E-state index is -0.0888. The van der Waals surface area contributed by atoms with Crippen molar-refractivity contribution in [3.05, 3.63) is 47.7 Å². The number of hydrogen-bond acceptors (Lipinski definition) is 7. The minimum absolute atomic E-state index is 0.0888. The first-order chi connectivity index (χ1) is 12.7. The van der Waals surface area contributed by atoms with Crippen molar-refractivity contribution in [1.82, 2.24) is 25.2 Å². The van der Waals surface area contributed by atoms with Gasteiger partial charge in [-0.15, -0.1) is 0 Å². The number of nitrogens with one attached hydrogen (secondary N) is 1. The molecule has 0 aliphatic carbocycles. The highest BCUT2D eigenvalue weighted by Crippen LogP contribution is 2.27. The van der Waals surface area contributed by atoms with E-state index in [4.69, 9.17) is 4.74 Å². The van der Waals surface area contributed by atoms with Gasteiger partial charge in [-0.2, -0.15) is 0 Å². The van der Waals surface area contributed by atoms with E-state index in [1.165, 1.54) is 7.11 Å². The number of carbonyl (C=O) groups is 1. The lowest BCUT2D eigenvalue weighted by molar-refractivity contribution is 0.0834. The summed E-state index contributed by atoms with van der Waals surface area (Å²) in [4.78, 5) is 31.2. The molecule has 3 rings (SSSR count). The number of carbonyl (C=O) groups excluding carboxylic acids is 1. The molecule has 0 fully saturated rings. The fourth-order valence-electron chi connectivity index (χ4n) is 2.63. The van der Waals surface area contributed by atoms with Crippen LogP contribution in [-0.4, -0.2) is 52.7 Å². The number of rotatable bonds is 6. The van der Waals surface area contributed by atoms with Gasteiger partial charge in [-0.25, -0.2) is 15.0 Å². The molecule has 2 aromatic rings. The molecule has 3 heterocycles. The molecule has 1 amide bonds. The highest BCUT2D eigenvalue weighted by atomic mass is 16.5. The second-order valence-electron chi connectivity index (χ2n) is 5.55. The number of methoxy groups -OCH3 is 1. The number of aromatic nitrogens is 3. The van der Waals surface area contributed by atoms with Crippen LogP contribution in [0.25, 0.3) is 11.3 Å². The maximum absolute atomic E-state index is 12.7. The number of ether oxygens (including phenoxy) is 1. The van der Waals surface area contributed by atoms with Gasteiger partial charge in [0.2, 0.25) is 0 Å². The monoisotopic (exact) mass is 352 g/mol. The summed E-state index contributed by atoms with van der Waals surface area (Å²) in [6, 6.07) is 3.89. The summed E-state index contributed by atoms with van der Waals surface area (Å²) in [5.74, 6) is -0.0888. The molecular formula is C18H20N6O2. The molecule has 1 aliphatic rings. The summed E-state index contributed by atoms with van der Waals surface area (Å²) >= 11 is 0. The zero-order chi connectivity index (χ0) is 18.5. The van der Waals surface area contributed by atoms with Crippen LogP contribution in [0.15, 0.2) is 41.4 Å². The predicted octanol–water partition coefficient (Wildman–Crippen LogP) is 1.65. The van der Waals surface area contributed by atoms with Gasteiger partial charge in [0.25, 0.3) is 5.91 Å². The number of nitrogens with zero attached hydrogens (tertiary/aromatic N) is 5. The molecule has 2 aromatic heterocycles. The quantitative estimate of drug-likeness (QED) is 0.795. The van der Waals surface area contributed by atoms with Gasteiger partial charge in [0.05, 0.1) is 36.3 Å². The molecular weight excluding hydrogens is 332 g/mol. The van der Waals surface area contributed by atoms with Crippen molar-refractivity contribution >= 4 is 12.1 Å². The maximum Gasteiger partial charge on any atom is 0.316 e. The Morgan fingerprint density at radius 2 is 2.15 bits per heavy atom. The Balaban J connectivity index is 1.90. The Morgan fingerprint density at radius 3 is 2.81 bits per heavy atom. The number of pyridine rings is 1. The third-order valence-corrected chi connectivity index (χ3v) is 3.89. The third-order valence-electron chi connectivity index (χ3n) is 3.89. The Hall–Kier alpha value is -3.29. The van der Waals surface area contributed by atoms with Crippen molar-refractivity contribution in [2.45, 2.75) is 13.5 Å². The molecule has 0 spiro atoms. The van der Waals surface area contributed by atoms with Crippen molar-refractivity contribution in [2.24, 2.45) is 4.99 Å². The standard InChI is InChI=1S/C18H20N6O2/c1-4-20-10-13(9-19-2)24-11-16-14(17(24)25)5-6-15(23-16)12-7-21-18(26-3)22-8-12/h5-10,20H,4,11H2,1-3H3/b13-10+,19-9?. The molecule has 8 nitrogen and oxygen atoms in total. The van der Waals surface area contributed by atoms with Crippen molar-refractivity contribution in [3.8, 4) is 17.3 Å². The molecule has 0 saturated carbocycles. The fourth-order valence-corrected chi connectivity index (χ4v) is 2.63. The number of fused-ring (bicyclic) bond motifs is 1. The molecule has 0 saturated heterocycles. The van der Waals surface area contributed by atoms with Crippen LogP contribution in [0.4, 0.5) is 0 Å². The van der Waals surface area contributed by atoms with E-state index in [2.05, 4.69) is 25.3 Å². The fraction of sp³-hybridized carbons (Fsp3) is 0.278. The predicted molar refractivity (Wildman–Crippen MR) is 97.9 cm³/mol. The van der Waals surface area contributed by atoms with E-state index < -0.39 is 0 Å². The van der Waals surface area contributed by atoms with Gasteiger partial charge in [-0.1, -0.05) is 0 Å². The second kappa shape index (κ2) is 7.73. The molecule has 0 radical (unpaired) electrons. The van der Waals surface area contributed by atoms with Gasteiger partial charge < -0.3 is 10.1 Å². The smallest absolute Gasteiger partial charge is 0.316 e. The first kappa shape index (κ1) is 17.5. The maximum atomic E-state index is 12.7. The molecule has 1 aliphatic heterocycles. The average molecular weight is 352 g/mol. The summed E-state index contributed by atoms with van der Waals surface area (Å²) in [6.45, 7) is 3.14. The van der Waals surface area contributed by atoms with E-state index in [0.717, 1.165) is 17.8 Å². The Morgan fingerprint density at radius 1 is 1.38 bits per heavy atom. The van der Waals surface area contributed by atoms with Crippen LogP contribution in [0.1, 0.15) is 23.0 Å². The van der Waals surface area contributed by atoms with Crippen LogP contribution in [-0.2, 0) is 6.54 Å². The van der Waals surface area contributed by atoms with Gasteiger partial charge in [0, 0.05) is 44.0 Å². The van der Waals surface area contributed by atoms with Crippen LogP contribution in [0, 0.1) is 0 Å². The number of aliphatic imine (C=N–C) groups is 1. The third kappa shape index (κ3) is 3.39. The molecule has 1 N–H and O–H groups in total. The zero-order valence-electron chi connectivity index (χ0n) is 14.9. The van der Waals surface area contributed by atoms with Crippen LogP contribution in [0.5, 0.6) is 6.01 Å². The van der Waals surface area contributed by atoms with Crippen molar-refractivity contribution in [1.29, 1.82) is 0 Å². The summed E-state index contributed by atoms with van der Waals surface area (Å²) in [7, 11) is 3.19. The topological polar surface area (TPSA) is 92.6 Å². The lowest BCUT2D eigenvalue weighted by Gasteiger charge is -2.16. The van der Waals surface area contributed by atoms with E-state index in [0.29, 0.717) is 29.5 Å². The zero-order valence-corrected chi connectivity index (χ0v) is 14.9. The lowest BCUT2D eigenvalue weighted by Crippen LogP contribution is -2.25. The summed E-state index contributed by atoms with van der Waals surface area (Å²) in [5.41, 5.74) is 3.48. The van der Waals surface area contributed by atoms with Crippen LogP contribution in [0.3, 0.4) is 0 Å². The number of hydrogen-bond donors (Lipinski definition) is 1. The van der Waals surface area contributed by atoms with Gasteiger partial charge in [0.15, 0.2) is 0 Å². The largest absolute Gasteiger partial charge is 0.467 e.